The minimum Gasteiger partial charge on any atom is -0.369 e. The number of rotatable bonds is 4. The highest BCUT2D eigenvalue weighted by Crippen LogP contribution is 2.28. The van der Waals surface area contributed by atoms with Crippen molar-refractivity contribution in [1.82, 2.24) is 20.3 Å². The van der Waals surface area contributed by atoms with Gasteiger partial charge in [-0.05, 0) is 17.7 Å². The lowest BCUT2D eigenvalue weighted by Gasteiger charge is -2.23. The maximum atomic E-state index is 5.76. The van der Waals surface area contributed by atoms with Crippen molar-refractivity contribution >= 4 is 22.5 Å². The minimum atomic E-state index is 0.00292. The molecule has 2 N–H and O–H groups in total. The predicted octanol–water partition coefficient (Wildman–Crippen LogP) is 4.10. The fraction of sp³-hybridized carbons (Fsp3) is 0.174. The van der Waals surface area contributed by atoms with Gasteiger partial charge in [-0.2, -0.15) is 0 Å². The van der Waals surface area contributed by atoms with E-state index >= 15 is 0 Å². The Labute approximate surface area is 169 Å². The van der Waals surface area contributed by atoms with Crippen LogP contribution in [-0.4, -0.2) is 34.6 Å². The first-order chi connectivity index (χ1) is 14.4. The van der Waals surface area contributed by atoms with Crippen LogP contribution in [0.3, 0.4) is 0 Å². The van der Waals surface area contributed by atoms with E-state index in [0.29, 0.717) is 12.6 Å². The fourth-order valence-corrected chi connectivity index (χ4v) is 3.52. The number of benzene rings is 2. The molecule has 3 heterocycles. The number of nitrogens with one attached hydrogen (secondary N) is 2. The van der Waals surface area contributed by atoms with Crippen molar-refractivity contribution in [1.29, 1.82) is 0 Å². The molecule has 1 aliphatic rings. The first-order valence-electron chi connectivity index (χ1n) is 9.73. The summed E-state index contributed by atoms with van der Waals surface area (Å²) in [4.78, 5) is 13.8. The standard InChI is InChI=1S/C23H21N5O/c1-2-5-16(6-3-1)19-8-4-7-17-13-26-23(28-22(17)19)27-18-9-10-20(25-14-18)21-15-24-11-12-29-21/h1-10,13-14,21,24H,11-12,15H2,(H,26,27,28). The summed E-state index contributed by atoms with van der Waals surface area (Å²) in [5, 5.41) is 7.59. The lowest BCUT2D eigenvalue weighted by Crippen LogP contribution is -2.33. The molecule has 144 valence electrons. The third-order valence-corrected chi connectivity index (χ3v) is 5.00. The quantitative estimate of drug-likeness (QED) is 0.553. The Kier molecular flexibility index (Phi) is 4.86. The van der Waals surface area contributed by atoms with Gasteiger partial charge >= 0.3 is 0 Å². The van der Waals surface area contributed by atoms with Gasteiger partial charge in [-0.1, -0.05) is 48.5 Å². The molecule has 0 radical (unpaired) electrons. The van der Waals surface area contributed by atoms with Gasteiger partial charge in [0.2, 0.25) is 5.95 Å². The molecule has 6 nitrogen and oxygen atoms in total. The average Bonchev–Trinajstić information content (AvgIpc) is 2.80. The predicted molar refractivity (Wildman–Crippen MR) is 114 cm³/mol. The summed E-state index contributed by atoms with van der Waals surface area (Å²) in [6, 6.07) is 20.4. The van der Waals surface area contributed by atoms with E-state index in [4.69, 9.17) is 9.72 Å². The number of fused-ring (bicyclic) bond motifs is 1. The van der Waals surface area contributed by atoms with Crippen LogP contribution in [0.15, 0.2) is 73.1 Å². The third-order valence-electron chi connectivity index (χ3n) is 5.00. The zero-order chi connectivity index (χ0) is 19.5. The zero-order valence-corrected chi connectivity index (χ0v) is 15.9. The number of ether oxygens (including phenoxy) is 1. The van der Waals surface area contributed by atoms with Crippen molar-refractivity contribution in [2.24, 2.45) is 0 Å². The van der Waals surface area contributed by atoms with Gasteiger partial charge in [-0.25, -0.2) is 9.97 Å². The lowest BCUT2D eigenvalue weighted by molar-refractivity contribution is 0.0250. The Bertz CT molecular complexity index is 1110. The summed E-state index contributed by atoms with van der Waals surface area (Å²) in [7, 11) is 0. The van der Waals surface area contributed by atoms with Crippen LogP contribution < -0.4 is 10.6 Å². The molecule has 0 saturated carbocycles. The first-order valence-corrected chi connectivity index (χ1v) is 9.73. The second kappa shape index (κ2) is 7.95. The molecule has 2 aromatic heterocycles. The molecule has 0 aliphatic carbocycles. The highest BCUT2D eigenvalue weighted by atomic mass is 16.5. The van der Waals surface area contributed by atoms with Crippen LogP contribution in [0.1, 0.15) is 11.8 Å². The van der Waals surface area contributed by atoms with Crippen molar-refractivity contribution in [3.63, 3.8) is 0 Å². The summed E-state index contributed by atoms with van der Waals surface area (Å²) in [5.41, 5.74) is 4.91. The number of anilines is 2. The van der Waals surface area contributed by atoms with Gasteiger partial charge in [0.15, 0.2) is 0 Å². The molecule has 1 saturated heterocycles. The van der Waals surface area contributed by atoms with E-state index in [1.165, 1.54) is 0 Å². The number of pyridine rings is 1. The van der Waals surface area contributed by atoms with Gasteiger partial charge in [-0.15, -0.1) is 0 Å². The number of nitrogens with zero attached hydrogens (tertiary/aromatic N) is 3. The van der Waals surface area contributed by atoms with Crippen LogP contribution in [0.2, 0.25) is 0 Å². The molecule has 29 heavy (non-hydrogen) atoms. The van der Waals surface area contributed by atoms with Crippen LogP contribution >= 0.6 is 0 Å². The molecule has 6 heteroatoms. The van der Waals surface area contributed by atoms with Gasteiger partial charge in [0.1, 0.15) is 6.10 Å². The summed E-state index contributed by atoms with van der Waals surface area (Å²) in [6.07, 6.45) is 3.65. The summed E-state index contributed by atoms with van der Waals surface area (Å²) in [6.45, 7) is 2.39. The maximum absolute atomic E-state index is 5.76. The smallest absolute Gasteiger partial charge is 0.227 e. The van der Waals surface area contributed by atoms with Crippen molar-refractivity contribution in [2.75, 3.05) is 25.0 Å². The molecule has 1 aliphatic heterocycles. The Morgan fingerprint density at radius 3 is 2.66 bits per heavy atom. The molecule has 1 atom stereocenters. The van der Waals surface area contributed by atoms with Gasteiger partial charge in [0.25, 0.3) is 0 Å². The fourth-order valence-electron chi connectivity index (χ4n) is 3.52. The Hall–Kier alpha value is -3.35. The van der Waals surface area contributed by atoms with Crippen molar-refractivity contribution in [3.05, 3.63) is 78.8 Å². The highest BCUT2D eigenvalue weighted by Gasteiger charge is 2.16. The number of hydrogen-bond donors (Lipinski definition) is 2. The molecule has 5 rings (SSSR count). The van der Waals surface area contributed by atoms with Crippen LogP contribution in [-0.2, 0) is 4.74 Å². The van der Waals surface area contributed by atoms with E-state index in [1.807, 2.05) is 48.7 Å². The van der Waals surface area contributed by atoms with Crippen LogP contribution in [0.5, 0.6) is 0 Å². The summed E-state index contributed by atoms with van der Waals surface area (Å²) < 4.78 is 5.76. The number of aromatic nitrogens is 3. The Morgan fingerprint density at radius 1 is 0.931 bits per heavy atom. The van der Waals surface area contributed by atoms with Gasteiger partial charge in [0.05, 0.1) is 29.7 Å². The highest BCUT2D eigenvalue weighted by molar-refractivity contribution is 5.93. The van der Waals surface area contributed by atoms with E-state index < -0.39 is 0 Å². The van der Waals surface area contributed by atoms with Gasteiger partial charge in [0, 0.05) is 30.2 Å². The lowest BCUT2D eigenvalue weighted by atomic mass is 10.0. The van der Waals surface area contributed by atoms with Crippen LogP contribution in [0.4, 0.5) is 11.6 Å². The zero-order valence-electron chi connectivity index (χ0n) is 15.9. The summed E-state index contributed by atoms with van der Waals surface area (Å²) in [5.74, 6) is 0.547. The Balaban J connectivity index is 1.42. The largest absolute Gasteiger partial charge is 0.369 e. The number of para-hydroxylation sites is 1. The minimum absolute atomic E-state index is 0.00292. The van der Waals surface area contributed by atoms with E-state index in [9.17, 15) is 0 Å². The molecule has 0 amide bonds. The molecular formula is C23H21N5O. The van der Waals surface area contributed by atoms with E-state index in [0.717, 1.165) is 46.5 Å². The molecule has 2 aromatic carbocycles. The van der Waals surface area contributed by atoms with Gasteiger partial charge in [-0.3, -0.25) is 4.98 Å². The Morgan fingerprint density at radius 2 is 1.86 bits per heavy atom. The molecule has 1 unspecified atom stereocenters. The van der Waals surface area contributed by atoms with Gasteiger partial charge < -0.3 is 15.4 Å². The van der Waals surface area contributed by atoms with E-state index in [1.54, 1.807) is 6.20 Å². The van der Waals surface area contributed by atoms with Crippen molar-refractivity contribution < 1.29 is 4.74 Å². The monoisotopic (exact) mass is 383 g/mol. The summed E-state index contributed by atoms with van der Waals surface area (Å²) >= 11 is 0. The average molecular weight is 383 g/mol. The second-order valence-electron chi connectivity index (χ2n) is 6.96. The molecule has 0 spiro atoms. The topological polar surface area (TPSA) is 72.0 Å². The van der Waals surface area contributed by atoms with Crippen molar-refractivity contribution in [3.8, 4) is 11.1 Å². The molecule has 0 bridgehead atoms. The molecular weight excluding hydrogens is 362 g/mol. The SMILES string of the molecule is c1ccc(-c2cccc3cnc(Nc4ccc(C5CNCCO5)nc4)nc23)cc1. The normalized spacial score (nSPS) is 16.6. The molecule has 1 fully saturated rings. The second-order valence-corrected chi connectivity index (χ2v) is 6.96. The van der Waals surface area contributed by atoms with Crippen molar-refractivity contribution in [2.45, 2.75) is 6.10 Å². The number of morpholine rings is 1. The van der Waals surface area contributed by atoms with Crippen LogP contribution in [0, 0.1) is 0 Å². The maximum Gasteiger partial charge on any atom is 0.227 e. The molecule has 4 aromatic rings. The van der Waals surface area contributed by atoms with E-state index in [2.05, 4.69) is 38.8 Å². The number of hydrogen-bond acceptors (Lipinski definition) is 6. The van der Waals surface area contributed by atoms with Crippen LogP contribution in [0.25, 0.3) is 22.0 Å². The van der Waals surface area contributed by atoms with E-state index in [-0.39, 0.29) is 6.10 Å². The third kappa shape index (κ3) is 3.81. The first kappa shape index (κ1) is 17.7.